The van der Waals surface area contributed by atoms with Crippen LogP contribution >= 0.6 is 0 Å². The Labute approximate surface area is 157 Å². The molecular formula is C20H33FN4O. The van der Waals surface area contributed by atoms with Gasteiger partial charge in [0.1, 0.15) is 17.7 Å². The van der Waals surface area contributed by atoms with Crippen molar-refractivity contribution in [1.82, 2.24) is 15.5 Å². The van der Waals surface area contributed by atoms with E-state index in [9.17, 15) is 4.39 Å². The number of nitrogens with zero attached hydrogens (tertiary/aromatic N) is 2. The van der Waals surface area contributed by atoms with Crippen LogP contribution in [-0.2, 0) is 0 Å². The van der Waals surface area contributed by atoms with E-state index in [1.54, 1.807) is 19.2 Å². The van der Waals surface area contributed by atoms with E-state index < -0.39 is 0 Å². The zero-order valence-corrected chi connectivity index (χ0v) is 16.3. The van der Waals surface area contributed by atoms with Crippen molar-refractivity contribution in [2.45, 2.75) is 51.7 Å². The molecule has 0 radical (unpaired) electrons. The number of halogens is 1. The fourth-order valence-electron chi connectivity index (χ4n) is 3.10. The van der Waals surface area contributed by atoms with Gasteiger partial charge in [-0.05, 0) is 57.0 Å². The predicted octanol–water partition coefficient (Wildman–Crippen LogP) is 3.02. The van der Waals surface area contributed by atoms with Crippen molar-refractivity contribution in [3.8, 4) is 5.75 Å². The number of hydrogen-bond acceptors (Lipinski definition) is 3. The smallest absolute Gasteiger partial charge is 0.191 e. The Morgan fingerprint density at radius 2 is 2.00 bits per heavy atom. The first kappa shape index (κ1) is 20.5. The standard InChI is InChI=1S/C20H33FN4O/c1-4-5-12-25-13-10-18(11-14-25)24-20(22-3)23-15-16(2)26-19-8-6-17(21)7-9-19/h6-9,16,18H,4-5,10-15H2,1-3H3,(H2,22,23,24). The highest BCUT2D eigenvalue weighted by atomic mass is 19.1. The molecule has 1 fully saturated rings. The van der Waals surface area contributed by atoms with Crippen molar-refractivity contribution >= 4 is 5.96 Å². The van der Waals surface area contributed by atoms with Crippen LogP contribution in [-0.4, -0.2) is 56.2 Å². The minimum absolute atomic E-state index is 0.0464. The van der Waals surface area contributed by atoms with Crippen LogP contribution in [0.25, 0.3) is 0 Å². The number of guanidine groups is 1. The van der Waals surface area contributed by atoms with Crippen LogP contribution in [0.3, 0.4) is 0 Å². The van der Waals surface area contributed by atoms with Gasteiger partial charge in [0.2, 0.25) is 0 Å². The minimum Gasteiger partial charge on any atom is -0.489 e. The van der Waals surface area contributed by atoms with Crippen LogP contribution in [0.2, 0.25) is 0 Å². The molecule has 5 nitrogen and oxygen atoms in total. The van der Waals surface area contributed by atoms with Crippen LogP contribution < -0.4 is 15.4 Å². The number of piperidine rings is 1. The predicted molar refractivity (Wildman–Crippen MR) is 105 cm³/mol. The monoisotopic (exact) mass is 364 g/mol. The van der Waals surface area contributed by atoms with E-state index in [-0.39, 0.29) is 11.9 Å². The fraction of sp³-hybridized carbons (Fsp3) is 0.650. The number of benzene rings is 1. The first-order valence-corrected chi connectivity index (χ1v) is 9.72. The van der Waals surface area contributed by atoms with E-state index in [4.69, 9.17) is 4.74 Å². The van der Waals surface area contributed by atoms with Crippen LogP contribution in [0, 0.1) is 5.82 Å². The molecule has 0 spiro atoms. The second-order valence-corrected chi connectivity index (χ2v) is 6.95. The zero-order chi connectivity index (χ0) is 18.8. The summed E-state index contributed by atoms with van der Waals surface area (Å²) in [7, 11) is 1.79. The Hall–Kier alpha value is -1.82. The maximum absolute atomic E-state index is 12.9. The maximum Gasteiger partial charge on any atom is 0.191 e. The van der Waals surface area contributed by atoms with Crippen LogP contribution in [0.15, 0.2) is 29.3 Å². The summed E-state index contributed by atoms with van der Waals surface area (Å²) in [6.45, 7) is 8.37. The molecule has 1 aromatic rings. The van der Waals surface area contributed by atoms with Crippen molar-refractivity contribution < 1.29 is 9.13 Å². The highest BCUT2D eigenvalue weighted by molar-refractivity contribution is 5.80. The van der Waals surface area contributed by atoms with E-state index in [0.717, 1.165) is 31.9 Å². The number of ether oxygens (including phenoxy) is 1. The molecule has 0 aliphatic carbocycles. The maximum atomic E-state index is 12.9. The third kappa shape index (κ3) is 7.20. The molecule has 0 aromatic heterocycles. The summed E-state index contributed by atoms with van der Waals surface area (Å²) in [6.07, 6.45) is 4.79. The van der Waals surface area contributed by atoms with E-state index >= 15 is 0 Å². The summed E-state index contributed by atoms with van der Waals surface area (Å²) in [6, 6.07) is 6.56. The highest BCUT2D eigenvalue weighted by Crippen LogP contribution is 2.13. The van der Waals surface area contributed by atoms with Gasteiger partial charge in [0, 0.05) is 26.2 Å². The van der Waals surface area contributed by atoms with Crippen molar-refractivity contribution in [2.75, 3.05) is 33.2 Å². The molecule has 0 bridgehead atoms. The number of hydrogen-bond donors (Lipinski definition) is 2. The Bertz CT molecular complexity index is 541. The lowest BCUT2D eigenvalue weighted by molar-refractivity contribution is 0.202. The molecule has 1 aliphatic heterocycles. The van der Waals surface area contributed by atoms with Gasteiger partial charge in [0.25, 0.3) is 0 Å². The molecule has 2 N–H and O–H groups in total. The first-order chi connectivity index (χ1) is 12.6. The molecule has 2 rings (SSSR count). The van der Waals surface area contributed by atoms with Gasteiger partial charge in [-0.1, -0.05) is 13.3 Å². The lowest BCUT2D eigenvalue weighted by Gasteiger charge is -2.33. The lowest BCUT2D eigenvalue weighted by Crippen LogP contribution is -2.50. The summed E-state index contributed by atoms with van der Waals surface area (Å²) in [5.74, 6) is 1.23. The second kappa shape index (κ2) is 11.0. The van der Waals surface area contributed by atoms with Crippen molar-refractivity contribution in [3.63, 3.8) is 0 Å². The summed E-state index contributed by atoms with van der Waals surface area (Å²) in [4.78, 5) is 6.87. The Balaban J connectivity index is 1.68. The third-order valence-electron chi connectivity index (χ3n) is 4.69. The van der Waals surface area contributed by atoms with Crippen LogP contribution in [0.1, 0.15) is 39.5 Å². The van der Waals surface area contributed by atoms with Gasteiger partial charge in [-0.25, -0.2) is 4.39 Å². The fourth-order valence-corrected chi connectivity index (χ4v) is 3.10. The molecule has 6 heteroatoms. The quantitative estimate of drug-likeness (QED) is 0.550. The van der Waals surface area contributed by atoms with Crippen LogP contribution in [0.5, 0.6) is 5.75 Å². The molecule has 1 aromatic carbocycles. The van der Waals surface area contributed by atoms with Crippen LogP contribution in [0.4, 0.5) is 4.39 Å². The first-order valence-electron chi connectivity index (χ1n) is 9.72. The molecule has 1 heterocycles. The number of nitrogens with one attached hydrogen (secondary N) is 2. The van der Waals surface area contributed by atoms with E-state index in [0.29, 0.717) is 18.3 Å². The normalized spacial score (nSPS) is 17.8. The summed E-state index contributed by atoms with van der Waals surface area (Å²) in [5.41, 5.74) is 0. The summed E-state index contributed by atoms with van der Waals surface area (Å²) < 4.78 is 18.7. The number of rotatable bonds is 8. The number of aliphatic imine (C=N–C) groups is 1. The van der Waals surface area contributed by atoms with Gasteiger partial charge in [-0.3, -0.25) is 4.99 Å². The van der Waals surface area contributed by atoms with Gasteiger partial charge < -0.3 is 20.3 Å². The molecular weight excluding hydrogens is 331 g/mol. The molecule has 0 saturated carbocycles. The van der Waals surface area contributed by atoms with Gasteiger partial charge >= 0.3 is 0 Å². The van der Waals surface area contributed by atoms with E-state index in [2.05, 4.69) is 27.4 Å². The lowest BCUT2D eigenvalue weighted by atomic mass is 10.0. The van der Waals surface area contributed by atoms with E-state index in [1.165, 1.54) is 31.5 Å². The van der Waals surface area contributed by atoms with E-state index in [1.807, 2.05) is 6.92 Å². The molecule has 1 unspecified atom stereocenters. The SMILES string of the molecule is CCCCN1CCC(NC(=NC)NCC(C)Oc2ccc(F)cc2)CC1. The minimum atomic E-state index is -0.256. The van der Waals surface area contributed by atoms with Gasteiger partial charge in [0.05, 0.1) is 6.54 Å². The number of unbranched alkanes of at least 4 members (excludes halogenated alkanes) is 1. The average Bonchev–Trinajstić information content (AvgIpc) is 2.66. The van der Waals surface area contributed by atoms with Gasteiger partial charge in [-0.15, -0.1) is 0 Å². The van der Waals surface area contributed by atoms with Crippen molar-refractivity contribution in [1.29, 1.82) is 0 Å². The summed E-state index contributed by atoms with van der Waals surface area (Å²) in [5, 5.41) is 6.84. The Kier molecular flexibility index (Phi) is 8.68. The van der Waals surface area contributed by atoms with Gasteiger partial charge in [-0.2, -0.15) is 0 Å². The Morgan fingerprint density at radius 3 is 2.62 bits per heavy atom. The Morgan fingerprint density at radius 1 is 1.31 bits per heavy atom. The molecule has 0 amide bonds. The zero-order valence-electron chi connectivity index (χ0n) is 16.3. The molecule has 1 saturated heterocycles. The average molecular weight is 365 g/mol. The highest BCUT2D eigenvalue weighted by Gasteiger charge is 2.19. The number of likely N-dealkylation sites (tertiary alicyclic amines) is 1. The molecule has 1 atom stereocenters. The topological polar surface area (TPSA) is 48.9 Å². The van der Waals surface area contributed by atoms with Gasteiger partial charge in [0.15, 0.2) is 5.96 Å². The molecule has 1 aliphatic rings. The largest absolute Gasteiger partial charge is 0.489 e. The van der Waals surface area contributed by atoms with Crippen molar-refractivity contribution in [3.05, 3.63) is 30.1 Å². The summed E-state index contributed by atoms with van der Waals surface area (Å²) >= 11 is 0. The van der Waals surface area contributed by atoms with Crippen molar-refractivity contribution in [2.24, 2.45) is 4.99 Å². The molecule has 26 heavy (non-hydrogen) atoms. The molecule has 146 valence electrons. The third-order valence-corrected chi connectivity index (χ3v) is 4.69. The second-order valence-electron chi connectivity index (χ2n) is 6.95.